The third-order valence-corrected chi connectivity index (χ3v) is 1.99. The minimum absolute atomic E-state index is 0.000769. The molecule has 90 valence electrons. The van der Waals surface area contributed by atoms with E-state index >= 15 is 0 Å². The van der Waals surface area contributed by atoms with E-state index in [-0.39, 0.29) is 6.61 Å². The Kier molecular flexibility index (Phi) is 4.10. The molecule has 0 heterocycles. The summed E-state index contributed by atoms with van der Waals surface area (Å²) >= 11 is 0. The van der Waals surface area contributed by atoms with E-state index in [1.165, 1.54) is 13.0 Å². The van der Waals surface area contributed by atoms with Crippen LogP contribution < -0.4 is 0 Å². The van der Waals surface area contributed by atoms with Gasteiger partial charge in [0, 0.05) is 5.56 Å². The van der Waals surface area contributed by atoms with Gasteiger partial charge in [0.1, 0.15) is 11.9 Å². The summed E-state index contributed by atoms with van der Waals surface area (Å²) in [4.78, 5) is 11.4. The van der Waals surface area contributed by atoms with Crippen LogP contribution in [-0.2, 0) is 4.74 Å². The fourth-order valence-corrected chi connectivity index (χ4v) is 1.24. The highest BCUT2D eigenvalue weighted by Gasteiger charge is 2.22. The molecule has 0 aromatic heterocycles. The molecule has 1 aromatic carbocycles. The molecule has 0 aliphatic carbocycles. The van der Waals surface area contributed by atoms with Gasteiger partial charge in [-0.15, -0.1) is 0 Å². The van der Waals surface area contributed by atoms with Crippen LogP contribution in [0.15, 0.2) is 12.1 Å². The molecule has 0 radical (unpaired) electrons. The van der Waals surface area contributed by atoms with Crippen molar-refractivity contribution in [3.63, 3.8) is 0 Å². The normalized spacial score (nSPS) is 10.1. The first kappa shape index (κ1) is 13.0. The van der Waals surface area contributed by atoms with Crippen molar-refractivity contribution in [2.24, 2.45) is 0 Å². The van der Waals surface area contributed by atoms with Crippen molar-refractivity contribution >= 4 is 5.97 Å². The van der Waals surface area contributed by atoms with Crippen LogP contribution in [0.5, 0.6) is 0 Å². The summed E-state index contributed by atoms with van der Waals surface area (Å²) in [5, 5.41) is 8.55. The van der Waals surface area contributed by atoms with E-state index < -0.39 is 34.9 Å². The predicted octanol–water partition coefficient (Wildman–Crippen LogP) is 2.81. The Morgan fingerprint density at radius 3 is 2.65 bits per heavy atom. The van der Waals surface area contributed by atoms with Crippen molar-refractivity contribution in [2.75, 3.05) is 6.61 Å². The predicted molar refractivity (Wildman–Crippen MR) is 52.0 cm³/mol. The number of ether oxygens (including phenoxy) is 1. The summed E-state index contributed by atoms with van der Waals surface area (Å²) in [6.07, 6.45) is -3.02. The Morgan fingerprint density at radius 1 is 1.53 bits per heavy atom. The van der Waals surface area contributed by atoms with Crippen molar-refractivity contribution in [3.05, 3.63) is 34.6 Å². The van der Waals surface area contributed by atoms with Gasteiger partial charge in [-0.25, -0.2) is 18.0 Å². The highest BCUT2D eigenvalue weighted by atomic mass is 19.3. The molecule has 1 rings (SSSR count). The summed E-state index contributed by atoms with van der Waals surface area (Å²) in [6, 6.07) is 2.73. The minimum Gasteiger partial charge on any atom is -0.462 e. The molecular weight excluding hydrogens is 235 g/mol. The van der Waals surface area contributed by atoms with Gasteiger partial charge in [0.15, 0.2) is 0 Å². The zero-order chi connectivity index (χ0) is 13.0. The molecule has 0 amide bonds. The third kappa shape index (κ3) is 2.75. The Hall–Kier alpha value is -2.03. The fraction of sp³-hybridized carbons (Fsp3) is 0.273. The lowest BCUT2D eigenvalue weighted by Crippen LogP contribution is -2.10. The smallest absolute Gasteiger partial charge is 0.338 e. The molecule has 3 nitrogen and oxygen atoms in total. The Bertz CT molecular complexity index is 480. The van der Waals surface area contributed by atoms with Crippen LogP contribution >= 0.6 is 0 Å². The average molecular weight is 243 g/mol. The van der Waals surface area contributed by atoms with Crippen molar-refractivity contribution in [2.45, 2.75) is 13.3 Å². The highest BCUT2D eigenvalue weighted by molar-refractivity contribution is 5.91. The van der Waals surface area contributed by atoms with Crippen molar-refractivity contribution < 1.29 is 22.7 Å². The van der Waals surface area contributed by atoms with Crippen LogP contribution in [0.4, 0.5) is 13.2 Å². The standard InChI is InChI=1S/C11H8F3NO2/c1-2-17-11(16)8-3-6(5-15)9(12)4-7(8)10(13)14/h3-4,10H,2H2,1H3. The lowest BCUT2D eigenvalue weighted by Gasteiger charge is -2.09. The molecular formula is C11H8F3NO2. The second-order valence-electron chi connectivity index (χ2n) is 3.05. The SMILES string of the molecule is CCOC(=O)c1cc(C#N)c(F)cc1C(F)F. The molecule has 1 aromatic rings. The lowest BCUT2D eigenvalue weighted by molar-refractivity contribution is 0.0515. The molecule has 17 heavy (non-hydrogen) atoms. The molecule has 0 saturated heterocycles. The lowest BCUT2D eigenvalue weighted by atomic mass is 10.0. The molecule has 0 aliphatic rings. The maximum absolute atomic E-state index is 13.1. The zero-order valence-corrected chi connectivity index (χ0v) is 8.84. The summed E-state index contributed by atoms with van der Waals surface area (Å²) in [5.41, 5.74) is -1.74. The maximum Gasteiger partial charge on any atom is 0.338 e. The Balaban J connectivity index is 3.35. The molecule has 0 fully saturated rings. The molecule has 0 spiro atoms. The molecule has 0 unspecified atom stereocenters. The largest absolute Gasteiger partial charge is 0.462 e. The van der Waals surface area contributed by atoms with Crippen molar-refractivity contribution in [3.8, 4) is 6.07 Å². The van der Waals surface area contributed by atoms with Gasteiger partial charge in [0.25, 0.3) is 6.43 Å². The van der Waals surface area contributed by atoms with Gasteiger partial charge in [0.2, 0.25) is 0 Å². The van der Waals surface area contributed by atoms with E-state index in [1.54, 1.807) is 0 Å². The Labute approximate surface area is 95.4 Å². The summed E-state index contributed by atoms with van der Waals surface area (Å²) in [5.74, 6) is -2.09. The molecule has 6 heteroatoms. The van der Waals surface area contributed by atoms with Crippen LogP contribution in [0.2, 0.25) is 0 Å². The molecule has 0 bridgehead atoms. The summed E-state index contributed by atoms with van der Waals surface area (Å²) in [6.45, 7) is 1.51. The second kappa shape index (κ2) is 5.34. The van der Waals surface area contributed by atoms with Crippen LogP contribution in [0.3, 0.4) is 0 Å². The van der Waals surface area contributed by atoms with E-state index in [0.29, 0.717) is 6.07 Å². The molecule has 0 aliphatic heterocycles. The number of nitriles is 1. The second-order valence-corrected chi connectivity index (χ2v) is 3.05. The summed E-state index contributed by atoms with van der Waals surface area (Å²) in [7, 11) is 0. The number of hydrogen-bond acceptors (Lipinski definition) is 3. The zero-order valence-electron chi connectivity index (χ0n) is 8.84. The number of esters is 1. The van der Waals surface area contributed by atoms with Gasteiger partial charge >= 0.3 is 5.97 Å². The number of carbonyl (C=O) groups excluding carboxylic acids is 1. The molecule has 0 N–H and O–H groups in total. The fourth-order valence-electron chi connectivity index (χ4n) is 1.24. The number of rotatable bonds is 3. The van der Waals surface area contributed by atoms with Crippen molar-refractivity contribution in [1.29, 1.82) is 5.26 Å². The van der Waals surface area contributed by atoms with Gasteiger partial charge in [-0.05, 0) is 19.1 Å². The average Bonchev–Trinajstić information content (AvgIpc) is 2.28. The van der Waals surface area contributed by atoms with Gasteiger partial charge in [-0.1, -0.05) is 0 Å². The minimum atomic E-state index is -3.02. The first-order valence-electron chi connectivity index (χ1n) is 4.70. The molecule has 0 atom stereocenters. The van der Waals surface area contributed by atoms with E-state index in [2.05, 4.69) is 4.74 Å². The first-order chi connectivity index (χ1) is 8.01. The van der Waals surface area contributed by atoms with Crippen LogP contribution in [0.1, 0.15) is 34.8 Å². The highest BCUT2D eigenvalue weighted by Crippen LogP contribution is 2.26. The van der Waals surface area contributed by atoms with Gasteiger partial charge < -0.3 is 4.74 Å². The number of alkyl halides is 2. The van der Waals surface area contributed by atoms with E-state index in [4.69, 9.17) is 5.26 Å². The van der Waals surface area contributed by atoms with E-state index in [0.717, 1.165) is 6.07 Å². The van der Waals surface area contributed by atoms with Gasteiger partial charge in [-0.2, -0.15) is 5.26 Å². The molecule has 0 saturated carbocycles. The topological polar surface area (TPSA) is 50.1 Å². The van der Waals surface area contributed by atoms with Gasteiger partial charge in [-0.3, -0.25) is 0 Å². The monoisotopic (exact) mass is 243 g/mol. The number of hydrogen-bond donors (Lipinski definition) is 0. The van der Waals surface area contributed by atoms with E-state index in [1.807, 2.05) is 0 Å². The van der Waals surface area contributed by atoms with Crippen LogP contribution in [-0.4, -0.2) is 12.6 Å². The Morgan fingerprint density at radius 2 is 2.18 bits per heavy atom. The quantitative estimate of drug-likeness (QED) is 0.767. The maximum atomic E-state index is 13.1. The number of benzene rings is 1. The first-order valence-corrected chi connectivity index (χ1v) is 4.70. The summed E-state index contributed by atoms with van der Waals surface area (Å²) < 4.78 is 42.9. The third-order valence-electron chi connectivity index (χ3n) is 1.99. The number of carbonyl (C=O) groups is 1. The number of nitrogens with zero attached hydrogens (tertiary/aromatic N) is 1. The van der Waals surface area contributed by atoms with Gasteiger partial charge in [0.05, 0.1) is 17.7 Å². The van der Waals surface area contributed by atoms with Crippen LogP contribution in [0.25, 0.3) is 0 Å². The van der Waals surface area contributed by atoms with Crippen molar-refractivity contribution in [1.82, 2.24) is 0 Å². The van der Waals surface area contributed by atoms with E-state index in [9.17, 15) is 18.0 Å². The van der Waals surface area contributed by atoms with Crippen LogP contribution in [0, 0.1) is 17.1 Å². The number of halogens is 3.